The number of likely N-dealkylation sites (tertiary alicyclic amines) is 1. The van der Waals surface area contributed by atoms with Gasteiger partial charge in [-0.25, -0.2) is 0 Å². The Balaban J connectivity index is 1.25. The van der Waals surface area contributed by atoms with E-state index in [-0.39, 0.29) is 11.8 Å². The summed E-state index contributed by atoms with van der Waals surface area (Å²) >= 11 is 0. The molecule has 0 atom stereocenters. The standard InChI is InChI=1S/C23H25N3O2/c27-22-7-3-14-26(22)17-18-8-10-20(11-9-18)23(28)24-13-4-15-25-16-12-19-5-1-2-6-21(19)25/h1-2,5-6,8-12,16H,3-4,7,13-15,17H2,(H,24,28). The van der Waals surface area contributed by atoms with Crippen molar-refractivity contribution in [2.24, 2.45) is 0 Å². The summed E-state index contributed by atoms with van der Waals surface area (Å²) in [5.41, 5.74) is 2.94. The summed E-state index contributed by atoms with van der Waals surface area (Å²) < 4.78 is 2.22. The number of aryl methyl sites for hydroxylation is 1. The van der Waals surface area contributed by atoms with Crippen molar-refractivity contribution in [3.05, 3.63) is 71.9 Å². The number of carbonyl (C=O) groups is 2. The summed E-state index contributed by atoms with van der Waals surface area (Å²) in [6, 6.07) is 18.0. The van der Waals surface area contributed by atoms with Crippen LogP contribution in [0.3, 0.4) is 0 Å². The van der Waals surface area contributed by atoms with Gasteiger partial charge in [0.15, 0.2) is 0 Å². The van der Waals surface area contributed by atoms with Gasteiger partial charge < -0.3 is 14.8 Å². The second kappa shape index (κ2) is 8.30. The summed E-state index contributed by atoms with van der Waals surface area (Å²) in [6.07, 6.45) is 4.56. The van der Waals surface area contributed by atoms with E-state index in [9.17, 15) is 9.59 Å². The van der Waals surface area contributed by atoms with Crippen LogP contribution in [0.4, 0.5) is 0 Å². The smallest absolute Gasteiger partial charge is 0.251 e. The van der Waals surface area contributed by atoms with Crippen LogP contribution in [0, 0.1) is 0 Å². The number of aromatic nitrogens is 1. The quantitative estimate of drug-likeness (QED) is 0.642. The molecular formula is C23H25N3O2. The maximum absolute atomic E-state index is 12.3. The highest BCUT2D eigenvalue weighted by Crippen LogP contribution is 2.16. The SMILES string of the molecule is O=C(NCCCn1ccc2ccccc21)c1ccc(CN2CCCC2=O)cc1. The molecule has 1 aromatic heterocycles. The lowest BCUT2D eigenvalue weighted by atomic mass is 10.1. The lowest BCUT2D eigenvalue weighted by Crippen LogP contribution is -2.25. The number of nitrogens with one attached hydrogen (secondary N) is 1. The number of para-hydroxylation sites is 1. The monoisotopic (exact) mass is 375 g/mol. The van der Waals surface area contributed by atoms with E-state index in [1.165, 1.54) is 10.9 Å². The molecular weight excluding hydrogens is 350 g/mol. The predicted octanol–water partition coefficient (Wildman–Crippen LogP) is 3.58. The first-order valence-electron chi connectivity index (χ1n) is 9.89. The number of rotatable bonds is 7. The molecule has 144 valence electrons. The molecule has 2 aromatic carbocycles. The Bertz CT molecular complexity index is 975. The van der Waals surface area contributed by atoms with Crippen molar-refractivity contribution in [2.45, 2.75) is 32.4 Å². The molecule has 2 heterocycles. The van der Waals surface area contributed by atoms with Crippen molar-refractivity contribution in [3.63, 3.8) is 0 Å². The third-order valence-electron chi connectivity index (χ3n) is 5.30. The summed E-state index contributed by atoms with van der Waals surface area (Å²) in [5, 5.41) is 4.23. The number of amides is 2. The van der Waals surface area contributed by atoms with E-state index in [1.54, 1.807) is 0 Å². The van der Waals surface area contributed by atoms with Crippen molar-refractivity contribution < 1.29 is 9.59 Å². The number of carbonyl (C=O) groups excluding carboxylic acids is 2. The van der Waals surface area contributed by atoms with Crippen LogP contribution in [0.25, 0.3) is 10.9 Å². The highest BCUT2D eigenvalue weighted by Gasteiger charge is 2.19. The fraction of sp³-hybridized carbons (Fsp3) is 0.304. The molecule has 1 N–H and O–H groups in total. The Kier molecular flexibility index (Phi) is 5.42. The Morgan fingerprint density at radius 2 is 1.86 bits per heavy atom. The van der Waals surface area contributed by atoms with E-state index < -0.39 is 0 Å². The molecule has 5 nitrogen and oxygen atoms in total. The average Bonchev–Trinajstić information content (AvgIpc) is 3.32. The van der Waals surface area contributed by atoms with Gasteiger partial charge in [0.1, 0.15) is 0 Å². The largest absolute Gasteiger partial charge is 0.352 e. The third kappa shape index (κ3) is 4.09. The molecule has 0 saturated carbocycles. The van der Waals surface area contributed by atoms with E-state index in [0.29, 0.717) is 25.1 Å². The Morgan fingerprint density at radius 3 is 2.64 bits per heavy atom. The van der Waals surface area contributed by atoms with Crippen LogP contribution < -0.4 is 5.32 Å². The van der Waals surface area contributed by atoms with Crippen LogP contribution in [0.5, 0.6) is 0 Å². The fourth-order valence-electron chi connectivity index (χ4n) is 3.74. The van der Waals surface area contributed by atoms with Gasteiger partial charge in [0.25, 0.3) is 5.91 Å². The molecule has 0 radical (unpaired) electrons. The zero-order valence-electron chi connectivity index (χ0n) is 15.9. The van der Waals surface area contributed by atoms with Gasteiger partial charge in [-0.15, -0.1) is 0 Å². The molecule has 0 bridgehead atoms. The molecule has 1 aliphatic heterocycles. The lowest BCUT2D eigenvalue weighted by Gasteiger charge is -2.15. The molecule has 1 fully saturated rings. The minimum Gasteiger partial charge on any atom is -0.352 e. The summed E-state index contributed by atoms with van der Waals surface area (Å²) in [5.74, 6) is 0.165. The summed E-state index contributed by atoms with van der Waals surface area (Å²) in [7, 11) is 0. The van der Waals surface area contributed by atoms with E-state index >= 15 is 0 Å². The molecule has 5 heteroatoms. The lowest BCUT2D eigenvalue weighted by molar-refractivity contribution is -0.128. The van der Waals surface area contributed by atoms with Crippen LogP contribution in [0.2, 0.25) is 0 Å². The van der Waals surface area contributed by atoms with Gasteiger partial charge in [0.05, 0.1) is 0 Å². The Morgan fingerprint density at radius 1 is 1.04 bits per heavy atom. The summed E-state index contributed by atoms with van der Waals surface area (Å²) in [6.45, 7) is 2.97. The third-order valence-corrected chi connectivity index (χ3v) is 5.30. The highest BCUT2D eigenvalue weighted by molar-refractivity contribution is 5.94. The average molecular weight is 375 g/mol. The molecule has 0 aliphatic carbocycles. The minimum absolute atomic E-state index is 0.0545. The number of hydrogen-bond donors (Lipinski definition) is 1. The topological polar surface area (TPSA) is 54.3 Å². The van der Waals surface area contributed by atoms with Gasteiger partial charge in [-0.3, -0.25) is 9.59 Å². The van der Waals surface area contributed by atoms with Crippen molar-refractivity contribution in [1.29, 1.82) is 0 Å². The minimum atomic E-state index is -0.0545. The number of nitrogens with zero attached hydrogens (tertiary/aromatic N) is 2. The first kappa shape index (κ1) is 18.3. The van der Waals surface area contributed by atoms with Gasteiger partial charge in [-0.2, -0.15) is 0 Å². The molecule has 0 unspecified atom stereocenters. The van der Waals surface area contributed by atoms with E-state index in [0.717, 1.165) is 31.5 Å². The molecule has 2 amide bonds. The van der Waals surface area contributed by atoms with Crippen molar-refractivity contribution in [1.82, 2.24) is 14.8 Å². The molecule has 4 rings (SSSR count). The fourth-order valence-corrected chi connectivity index (χ4v) is 3.74. The van der Waals surface area contributed by atoms with E-state index in [2.05, 4.69) is 34.3 Å². The van der Waals surface area contributed by atoms with Gasteiger partial charge in [-0.1, -0.05) is 30.3 Å². The number of fused-ring (bicyclic) bond motifs is 1. The summed E-state index contributed by atoms with van der Waals surface area (Å²) in [4.78, 5) is 25.9. The second-order valence-electron chi connectivity index (χ2n) is 7.29. The van der Waals surface area contributed by atoms with Crippen molar-refractivity contribution >= 4 is 22.7 Å². The Labute approximate surface area is 165 Å². The molecule has 3 aromatic rings. The first-order chi connectivity index (χ1) is 13.7. The van der Waals surface area contributed by atoms with Gasteiger partial charge >= 0.3 is 0 Å². The van der Waals surface area contributed by atoms with E-state index in [4.69, 9.17) is 0 Å². The van der Waals surface area contributed by atoms with Crippen LogP contribution in [0.1, 0.15) is 35.2 Å². The highest BCUT2D eigenvalue weighted by atomic mass is 16.2. The van der Waals surface area contributed by atoms with Crippen molar-refractivity contribution in [3.8, 4) is 0 Å². The Hall–Kier alpha value is -3.08. The molecule has 1 saturated heterocycles. The maximum Gasteiger partial charge on any atom is 0.251 e. The normalized spacial score (nSPS) is 14.0. The van der Waals surface area contributed by atoms with E-state index in [1.807, 2.05) is 41.3 Å². The van der Waals surface area contributed by atoms with Crippen LogP contribution >= 0.6 is 0 Å². The van der Waals surface area contributed by atoms with Gasteiger partial charge in [0.2, 0.25) is 5.91 Å². The van der Waals surface area contributed by atoms with Gasteiger partial charge in [0, 0.05) is 49.9 Å². The predicted molar refractivity (Wildman–Crippen MR) is 110 cm³/mol. The first-order valence-corrected chi connectivity index (χ1v) is 9.89. The van der Waals surface area contributed by atoms with Crippen LogP contribution in [-0.4, -0.2) is 34.4 Å². The zero-order chi connectivity index (χ0) is 19.3. The van der Waals surface area contributed by atoms with Crippen LogP contribution in [-0.2, 0) is 17.9 Å². The van der Waals surface area contributed by atoms with Crippen LogP contribution in [0.15, 0.2) is 60.8 Å². The van der Waals surface area contributed by atoms with Gasteiger partial charge in [-0.05, 0) is 48.1 Å². The molecule has 1 aliphatic rings. The number of benzene rings is 2. The number of hydrogen-bond acceptors (Lipinski definition) is 2. The van der Waals surface area contributed by atoms with Crippen molar-refractivity contribution in [2.75, 3.05) is 13.1 Å². The molecule has 0 spiro atoms. The zero-order valence-corrected chi connectivity index (χ0v) is 15.9. The maximum atomic E-state index is 12.3. The second-order valence-corrected chi connectivity index (χ2v) is 7.29. The molecule has 28 heavy (non-hydrogen) atoms.